The fourth-order valence-electron chi connectivity index (χ4n) is 1.44. The summed E-state index contributed by atoms with van der Waals surface area (Å²) < 4.78 is 5.71. The van der Waals surface area contributed by atoms with E-state index in [1.165, 1.54) is 0 Å². The van der Waals surface area contributed by atoms with Crippen molar-refractivity contribution in [1.82, 2.24) is 9.88 Å². The van der Waals surface area contributed by atoms with Gasteiger partial charge in [0.2, 0.25) is 0 Å². The molecule has 0 spiro atoms. The fourth-order valence-corrected chi connectivity index (χ4v) is 1.44. The first-order valence-corrected chi connectivity index (χ1v) is 5.18. The number of aromatic nitrogens is 1. The Morgan fingerprint density at radius 2 is 2.13 bits per heavy atom. The highest BCUT2D eigenvalue weighted by Gasteiger charge is 2.03. The zero-order chi connectivity index (χ0) is 10.7. The van der Waals surface area contributed by atoms with Crippen LogP contribution in [-0.4, -0.2) is 30.2 Å². The second-order valence-electron chi connectivity index (χ2n) is 3.64. The molecule has 3 nitrogen and oxygen atoms in total. The smallest absolute Gasteiger partial charge is 0.146 e. The molecule has 0 aliphatic rings. The average Bonchev–Trinajstić information content (AvgIpc) is 2.69. The van der Waals surface area contributed by atoms with Gasteiger partial charge < -0.3 is 9.72 Å². The van der Waals surface area contributed by atoms with Crippen molar-refractivity contribution in [2.75, 3.05) is 20.3 Å². The van der Waals surface area contributed by atoms with Crippen LogP contribution in [-0.2, 0) is 0 Å². The monoisotopic (exact) mass is 204 g/mol. The molecule has 2 aromatic rings. The number of fused-ring (bicyclic) bond motifs is 1. The van der Waals surface area contributed by atoms with E-state index in [2.05, 4.69) is 22.9 Å². The quantitative estimate of drug-likeness (QED) is 0.775. The van der Waals surface area contributed by atoms with E-state index in [1.54, 1.807) is 0 Å². The molecule has 0 aliphatic carbocycles. The third-order valence-electron chi connectivity index (χ3n) is 2.53. The summed E-state index contributed by atoms with van der Waals surface area (Å²) in [7, 11) is 2.04. The summed E-state index contributed by atoms with van der Waals surface area (Å²) in [4.78, 5) is 5.30. The van der Waals surface area contributed by atoms with Crippen LogP contribution >= 0.6 is 0 Å². The van der Waals surface area contributed by atoms with Gasteiger partial charge in [0.15, 0.2) is 0 Å². The zero-order valence-electron chi connectivity index (χ0n) is 9.16. The molecule has 1 heterocycles. The summed E-state index contributed by atoms with van der Waals surface area (Å²) in [6, 6.07) is 8.15. The third kappa shape index (κ3) is 2.13. The first kappa shape index (κ1) is 10.1. The number of hydrogen-bond acceptors (Lipinski definition) is 2. The molecule has 0 atom stereocenters. The minimum atomic E-state index is 0.623. The molecule has 0 saturated carbocycles. The van der Waals surface area contributed by atoms with Crippen molar-refractivity contribution >= 4 is 10.9 Å². The predicted octanol–water partition coefficient (Wildman–Crippen LogP) is 2.46. The maximum absolute atomic E-state index is 5.71. The van der Waals surface area contributed by atoms with E-state index >= 15 is 0 Å². The van der Waals surface area contributed by atoms with Gasteiger partial charge in [-0.3, -0.25) is 4.90 Å². The maximum Gasteiger partial charge on any atom is 0.146 e. The Balaban J connectivity index is 2.14. The van der Waals surface area contributed by atoms with Gasteiger partial charge in [-0.25, -0.2) is 0 Å². The van der Waals surface area contributed by atoms with Gasteiger partial charge in [-0.15, -0.1) is 0 Å². The average molecular weight is 204 g/mol. The molecule has 2 rings (SSSR count). The number of benzene rings is 1. The molecule has 80 valence electrons. The van der Waals surface area contributed by atoms with Gasteiger partial charge in [0, 0.05) is 17.1 Å². The Hall–Kier alpha value is -1.48. The summed E-state index contributed by atoms with van der Waals surface area (Å²) in [5, 5.41) is 1.14. The molecule has 0 unspecified atom stereocenters. The Labute approximate surface area is 89.7 Å². The van der Waals surface area contributed by atoms with Crippen molar-refractivity contribution < 1.29 is 4.74 Å². The Kier molecular flexibility index (Phi) is 2.92. The van der Waals surface area contributed by atoms with Crippen LogP contribution in [0.1, 0.15) is 6.92 Å². The first-order valence-electron chi connectivity index (χ1n) is 5.18. The molecular formula is C12H16N2O. The Bertz CT molecular complexity index is 436. The zero-order valence-corrected chi connectivity index (χ0v) is 9.16. The second kappa shape index (κ2) is 4.36. The van der Waals surface area contributed by atoms with Crippen molar-refractivity contribution in [3.8, 4) is 5.75 Å². The molecule has 0 fully saturated rings. The summed E-state index contributed by atoms with van der Waals surface area (Å²) in [5.74, 6) is 0.922. The van der Waals surface area contributed by atoms with Gasteiger partial charge in [0.05, 0.1) is 0 Å². The van der Waals surface area contributed by atoms with E-state index < -0.39 is 0 Å². The molecule has 0 bridgehead atoms. The summed E-state index contributed by atoms with van der Waals surface area (Å²) in [6.45, 7) is 3.72. The molecule has 3 heteroatoms. The van der Waals surface area contributed by atoms with E-state index in [9.17, 15) is 0 Å². The molecule has 0 saturated heterocycles. The molecule has 15 heavy (non-hydrogen) atoms. The van der Waals surface area contributed by atoms with Crippen LogP contribution in [0.3, 0.4) is 0 Å². The van der Waals surface area contributed by atoms with Gasteiger partial charge in [-0.1, -0.05) is 19.1 Å². The first-order chi connectivity index (χ1) is 7.31. The van der Waals surface area contributed by atoms with E-state index in [0.717, 1.165) is 23.2 Å². The van der Waals surface area contributed by atoms with E-state index in [1.807, 2.05) is 31.4 Å². The van der Waals surface area contributed by atoms with Crippen molar-refractivity contribution in [2.24, 2.45) is 0 Å². The third-order valence-corrected chi connectivity index (χ3v) is 2.53. The highest BCUT2D eigenvalue weighted by molar-refractivity contribution is 5.85. The number of aromatic amines is 1. The summed E-state index contributed by atoms with van der Waals surface area (Å²) in [6.07, 6.45) is 1.91. The summed E-state index contributed by atoms with van der Waals surface area (Å²) >= 11 is 0. The number of para-hydroxylation sites is 1. The molecule has 1 aromatic heterocycles. The second-order valence-corrected chi connectivity index (χ2v) is 3.64. The number of nitrogens with one attached hydrogen (secondary N) is 1. The van der Waals surface area contributed by atoms with Gasteiger partial charge in [-0.05, 0) is 25.7 Å². The van der Waals surface area contributed by atoms with Crippen molar-refractivity contribution in [2.45, 2.75) is 6.92 Å². The van der Waals surface area contributed by atoms with E-state index in [0.29, 0.717) is 6.73 Å². The van der Waals surface area contributed by atoms with Gasteiger partial charge >= 0.3 is 0 Å². The van der Waals surface area contributed by atoms with Gasteiger partial charge in [0.1, 0.15) is 12.5 Å². The minimum Gasteiger partial charge on any atom is -0.476 e. The highest BCUT2D eigenvalue weighted by atomic mass is 16.5. The normalized spacial score (nSPS) is 11.1. The lowest BCUT2D eigenvalue weighted by Crippen LogP contribution is -2.22. The highest BCUT2D eigenvalue weighted by Crippen LogP contribution is 2.24. The Morgan fingerprint density at radius 3 is 2.93 bits per heavy atom. The summed E-state index contributed by atoms with van der Waals surface area (Å²) in [5.41, 5.74) is 1.12. The van der Waals surface area contributed by atoms with E-state index in [-0.39, 0.29) is 0 Å². The number of hydrogen-bond donors (Lipinski definition) is 1. The number of nitrogens with zero attached hydrogens (tertiary/aromatic N) is 1. The van der Waals surface area contributed by atoms with Crippen LogP contribution in [0.4, 0.5) is 0 Å². The van der Waals surface area contributed by atoms with E-state index in [4.69, 9.17) is 4.74 Å². The van der Waals surface area contributed by atoms with Crippen molar-refractivity contribution in [3.05, 3.63) is 30.5 Å². The predicted molar refractivity (Wildman–Crippen MR) is 62.1 cm³/mol. The standard InChI is InChI=1S/C12H16N2O/c1-3-14(2)9-15-12-8-13-11-7-5-4-6-10(11)12/h4-8,13H,3,9H2,1-2H3. The molecular weight excluding hydrogens is 188 g/mol. The van der Waals surface area contributed by atoms with Crippen molar-refractivity contribution in [3.63, 3.8) is 0 Å². The lowest BCUT2D eigenvalue weighted by Gasteiger charge is -2.14. The van der Waals surface area contributed by atoms with Crippen LogP contribution < -0.4 is 4.74 Å². The largest absolute Gasteiger partial charge is 0.476 e. The molecule has 1 N–H and O–H groups in total. The number of H-pyrrole nitrogens is 1. The van der Waals surface area contributed by atoms with Crippen LogP contribution in [0.15, 0.2) is 30.5 Å². The fraction of sp³-hybridized carbons (Fsp3) is 0.333. The SMILES string of the molecule is CCN(C)COc1c[nH]c2ccccc12. The molecule has 0 aliphatic heterocycles. The van der Waals surface area contributed by atoms with Crippen LogP contribution in [0, 0.1) is 0 Å². The lowest BCUT2D eigenvalue weighted by atomic mass is 10.2. The number of rotatable bonds is 4. The topological polar surface area (TPSA) is 28.3 Å². The number of ether oxygens (including phenoxy) is 1. The van der Waals surface area contributed by atoms with Crippen LogP contribution in [0.5, 0.6) is 5.75 Å². The van der Waals surface area contributed by atoms with Crippen molar-refractivity contribution in [1.29, 1.82) is 0 Å². The van der Waals surface area contributed by atoms with Gasteiger partial charge in [-0.2, -0.15) is 0 Å². The lowest BCUT2D eigenvalue weighted by molar-refractivity contribution is 0.160. The molecule has 0 radical (unpaired) electrons. The molecule has 0 amide bonds. The van der Waals surface area contributed by atoms with Crippen LogP contribution in [0.2, 0.25) is 0 Å². The maximum atomic E-state index is 5.71. The Morgan fingerprint density at radius 1 is 1.33 bits per heavy atom. The molecule has 1 aromatic carbocycles. The minimum absolute atomic E-state index is 0.623. The van der Waals surface area contributed by atoms with Crippen LogP contribution in [0.25, 0.3) is 10.9 Å². The van der Waals surface area contributed by atoms with Gasteiger partial charge in [0.25, 0.3) is 0 Å².